The van der Waals surface area contributed by atoms with Crippen molar-refractivity contribution in [2.75, 3.05) is 13.7 Å². The van der Waals surface area contributed by atoms with Crippen LogP contribution in [0.25, 0.3) is 11.0 Å². The standard InChI is InChI=1S/C18H22N4O3/c1-4-23-15-7-5-6-13-10-16(25-17(13)15)12(2)21-18(19-3)20-11-14-8-9-24-22-14/h5-10,12H,4,11H2,1-3H3,(H2,19,20,21)/t12-/m0/s1. The van der Waals surface area contributed by atoms with E-state index < -0.39 is 0 Å². The minimum absolute atomic E-state index is 0.0645. The van der Waals surface area contributed by atoms with Gasteiger partial charge in [0, 0.05) is 18.5 Å². The molecule has 3 aromatic rings. The molecule has 0 spiro atoms. The monoisotopic (exact) mass is 342 g/mol. The average molecular weight is 342 g/mol. The van der Waals surface area contributed by atoms with Crippen molar-refractivity contribution in [2.45, 2.75) is 26.4 Å². The Bertz CT molecular complexity index is 839. The van der Waals surface area contributed by atoms with Crippen LogP contribution in [0.15, 0.2) is 50.5 Å². The Balaban J connectivity index is 1.70. The molecule has 0 amide bonds. The number of rotatable bonds is 6. The fraction of sp³-hybridized carbons (Fsp3) is 0.333. The molecular formula is C18H22N4O3. The van der Waals surface area contributed by atoms with E-state index in [2.05, 4.69) is 20.8 Å². The second kappa shape index (κ2) is 7.74. The third-order valence-electron chi connectivity index (χ3n) is 3.76. The Hall–Kier alpha value is -2.96. The lowest BCUT2D eigenvalue weighted by Crippen LogP contribution is -2.38. The number of hydrogen-bond donors (Lipinski definition) is 2. The van der Waals surface area contributed by atoms with Crippen LogP contribution in [0, 0.1) is 0 Å². The van der Waals surface area contributed by atoms with E-state index >= 15 is 0 Å². The topological polar surface area (TPSA) is 84.8 Å². The number of nitrogens with one attached hydrogen (secondary N) is 2. The number of aliphatic imine (C=N–C) groups is 1. The van der Waals surface area contributed by atoms with Crippen LogP contribution >= 0.6 is 0 Å². The van der Waals surface area contributed by atoms with Gasteiger partial charge in [-0.25, -0.2) is 0 Å². The van der Waals surface area contributed by atoms with E-state index in [4.69, 9.17) is 13.7 Å². The van der Waals surface area contributed by atoms with Gasteiger partial charge < -0.3 is 24.3 Å². The van der Waals surface area contributed by atoms with E-state index in [1.165, 1.54) is 0 Å². The summed E-state index contributed by atoms with van der Waals surface area (Å²) in [6, 6.07) is 9.64. The molecular weight excluding hydrogens is 320 g/mol. The largest absolute Gasteiger partial charge is 0.490 e. The van der Waals surface area contributed by atoms with Gasteiger partial charge in [-0.2, -0.15) is 0 Å². The minimum Gasteiger partial charge on any atom is -0.490 e. The predicted molar refractivity (Wildman–Crippen MR) is 95.6 cm³/mol. The summed E-state index contributed by atoms with van der Waals surface area (Å²) < 4.78 is 16.5. The Labute approximate surface area is 146 Å². The summed E-state index contributed by atoms with van der Waals surface area (Å²) >= 11 is 0. The van der Waals surface area contributed by atoms with Gasteiger partial charge in [0.25, 0.3) is 0 Å². The molecule has 0 saturated heterocycles. The highest BCUT2D eigenvalue weighted by Gasteiger charge is 2.15. The number of fused-ring (bicyclic) bond motifs is 1. The second-order valence-electron chi connectivity index (χ2n) is 5.54. The van der Waals surface area contributed by atoms with Gasteiger partial charge >= 0.3 is 0 Å². The van der Waals surface area contributed by atoms with Crippen molar-refractivity contribution in [1.29, 1.82) is 0 Å². The van der Waals surface area contributed by atoms with Gasteiger partial charge in [0.1, 0.15) is 17.7 Å². The van der Waals surface area contributed by atoms with Crippen LogP contribution in [0.1, 0.15) is 31.3 Å². The molecule has 0 unspecified atom stereocenters. The van der Waals surface area contributed by atoms with Crippen molar-refractivity contribution in [3.8, 4) is 5.75 Å². The smallest absolute Gasteiger partial charge is 0.191 e. The molecule has 2 N–H and O–H groups in total. The number of guanidine groups is 1. The predicted octanol–water partition coefficient (Wildman–Crippen LogP) is 3.25. The van der Waals surface area contributed by atoms with E-state index in [1.807, 2.05) is 38.1 Å². The number of benzene rings is 1. The molecule has 7 nitrogen and oxygen atoms in total. The third kappa shape index (κ3) is 3.93. The molecule has 0 saturated carbocycles. The zero-order valence-corrected chi connectivity index (χ0v) is 14.6. The minimum atomic E-state index is -0.0645. The first-order valence-corrected chi connectivity index (χ1v) is 8.23. The molecule has 7 heteroatoms. The van der Waals surface area contributed by atoms with Gasteiger partial charge in [-0.1, -0.05) is 17.3 Å². The van der Waals surface area contributed by atoms with E-state index in [0.717, 1.165) is 28.2 Å². The molecule has 2 heterocycles. The highest BCUT2D eigenvalue weighted by atomic mass is 16.5. The van der Waals surface area contributed by atoms with Gasteiger partial charge in [0.15, 0.2) is 17.3 Å². The third-order valence-corrected chi connectivity index (χ3v) is 3.76. The van der Waals surface area contributed by atoms with Crippen molar-refractivity contribution in [3.05, 3.63) is 48.0 Å². The summed E-state index contributed by atoms with van der Waals surface area (Å²) in [6.07, 6.45) is 1.54. The maximum Gasteiger partial charge on any atom is 0.191 e. The quantitative estimate of drug-likeness (QED) is 0.528. The summed E-state index contributed by atoms with van der Waals surface area (Å²) in [4.78, 5) is 4.22. The van der Waals surface area contributed by atoms with Crippen molar-refractivity contribution in [1.82, 2.24) is 15.8 Å². The maximum atomic E-state index is 6.01. The van der Waals surface area contributed by atoms with E-state index in [-0.39, 0.29) is 6.04 Å². The van der Waals surface area contributed by atoms with Crippen molar-refractivity contribution in [2.24, 2.45) is 4.99 Å². The Morgan fingerprint density at radius 2 is 2.24 bits per heavy atom. The lowest BCUT2D eigenvalue weighted by molar-refractivity contribution is 0.336. The number of nitrogens with zero attached hydrogens (tertiary/aromatic N) is 2. The number of aromatic nitrogens is 1. The number of para-hydroxylation sites is 1. The van der Waals surface area contributed by atoms with Gasteiger partial charge in [0.05, 0.1) is 19.2 Å². The Kier molecular flexibility index (Phi) is 5.23. The highest BCUT2D eigenvalue weighted by Crippen LogP contribution is 2.31. The number of ether oxygens (including phenoxy) is 1. The highest BCUT2D eigenvalue weighted by molar-refractivity contribution is 5.84. The van der Waals surface area contributed by atoms with E-state index in [9.17, 15) is 0 Å². The first kappa shape index (κ1) is 16.9. The van der Waals surface area contributed by atoms with Crippen molar-refractivity contribution < 1.29 is 13.7 Å². The molecule has 0 aliphatic rings. The van der Waals surface area contributed by atoms with Crippen LogP contribution in [0.3, 0.4) is 0 Å². The molecule has 1 aromatic carbocycles. The number of furan rings is 1. The van der Waals surface area contributed by atoms with Crippen LogP contribution in [0.2, 0.25) is 0 Å². The van der Waals surface area contributed by atoms with E-state index in [1.54, 1.807) is 19.4 Å². The molecule has 1 atom stereocenters. The molecule has 0 aliphatic carbocycles. The fourth-order valence-electron chi connectivity index (χ4n) is 2.51. The molecule has 132 valence electrons. The SMILES string of the molecule is CCOc1cccc2cc([C@H](C)NC(=NC)NCc3ccon3)oc12. The molecule has 25 heavy (non-hydrogen) atoms. The van der Waals surface area contributed by atoms with Crippen LogP contribution in [0.5, 0.6) is 5.75 Å². The van der Waals surface area contributed by atoms with Crippen LogP contribution in [-0.2, 0) is 6.54 Å². The van der Waals surface area contributed by atoms with Crippen LogP contribution < -0.4 is 15.4 Å². The van der Waals surface area contributed by atoms with Crippen molar-refractivity contribution >= 4 is 16.9 Å². The normalized spacial score (nSPS) is 13.0. The lowest BCUT2D eigenvalue weighted by atomic mass is 10.2. The summed E-state index contributed by atoms with van der Waals surface area (Å²) in [6.45, 7) is 5.09. The summed E-state index contributed by atoms with van der Waals surface area (Å²) in [5, 5.41) is 11.4. The zero-order chi connectivity index (χ0) is 17.6. The van der Waals surface area contributed by atoms with Gasteiger partial charge in [-0.05, 0) is 26.0 Å². The summed E-state index contributed by atoms with van der Waals surface area (Å²) in [5.74, 6) is 2.22. The Morgan fingerprint density at radius 3 is 2.96 bits per heavy atom. The molecule has 0 radical (unpaired) electrons. The number of hydrogen-bond acceptors (Lipinski definition) is 5. The zero-order valence-electron chi connectivity index (χ0n) is 14.6. The maximum absolute atomic E-state index is 6.01. The van der Waals surface area contributed by atoms with E-state index in [0.29, 0.717) is 19.1 Å². The second-order valence-corrected chi connectivity index (χ2v) is 5.54. The molecule has 0 aliphatic heterocycles. The molecule has 0 fully saturated rings. The van der Waals surface area contributed by atoms with Gasteiger partial charge in [0.2, 0.25) is 0 Å². The fourth-order valence-corrected chi connectivity index (χ4v) is 2.51. The first-order valence-electron chi connectivity index (χ1n) is 8.23. The van der Waals surface area contributed by atoms with Crippen LogP contribution in [-0.4, -0.2) is 24.8 Å². The Morgan fingerprint density at radius 1 is 1.36 bits per heavy atom. The molecule has 0 bridgehead atoms. The van der Waals surface area contributed by atoms with Crippen molar-refractivity contribution in [3.63, 3.8) is 0 Å². The summed E-state index contributed by atoms with van der Waals surface area (Å²) in [7, 11) is 1.72. The lowest BCUT2D eigenvalue weighted by Gasteiger charge is -2.15. The first-order chi connectivity index (χ1) is 12.2. The molecule has 2 aromatic heterocycles. The average Bonchev–Trinajstić information content (AvgIpc) is 3.28. The van der Waals surface area contributed by atoms with Gasteiger partial charge in [-0.3, -0.25) is 4.99 Å². The van der Waals surface area contributed by atoms with Crippen LogP contribution in [0.4, 0.5) is 0 Å². The van der Waals surface area contributed by atoms with Gasteiger partial charge in [-0.15, -0.1) is 0 Å². The molecule has 3 rings (SSSR count). The summed E-state index contributed by atoms with van der Waals surface area (Å²) in [5.41, 5.74) is 1.57.